The van der Waals surface area contributed by atoms with Gasteiger partial charge < -0.3 is 54.3 Å². The van der Waals surface area contributed by atoms with Crippen LogP contribution in [0.4, 0.5) is 0 Å². The Morgan fingerprint density at radius 1 is 1.05 bits per heavy atom. The number of aromatic hydroxyl groups is 1. The fraction of sp³-hybridized carbons (Fsp3) is 0.423. The first-order valence-corrected chi connectivity index (χ1v) is 12.0. The predicted molar refractivity (Wildman–Crippen MR) is 132 cm³/mol. The molecule has 0 aromatic heterocycles. The number of aliphatic hydroxyl groups excluding tert-OH is 4. The van der Waals surface area contributed by atoms with Gasteiger partial charge in [0.2, 0.25) is 6.29 Å². The molecule has 218 valence electrons. The molecule has 7 unspecified atom stereocenters. The molecule has 1 saturated heterocycles. The predicted octanol–water partition coefficient (Wildman–Crippen LogP) is -0.804. The molecule has 1 fully saturated rings. The number of benzene rings is 1. The number of carboxylic acid groups (broad SMARTS) is 1. The molecule has 3 rings (SSSR count). The molecule has 14 nitrogen and oxygen atoms in total. The van der Waals surface area contributed by atoms with Gasteiger partial charge in [-0.2, -0.15) is 0 Å². The van der Waals surface area contributed by atoms with E-state index in [1.807, 2.05) is 0 Å². The number of methoxy groups -OCH3 is 1. The lowest BCUT2D eigenvalue weighted by Crippen LogP contribution is -2.60. The third-order valence-corrected chi connectivity index (χ3v) is 6.17. The smallest absolute Gasteiger partial charge is 0.335 e. The van der Waals surface area contributed by atoms with Gasteiger partial charge in [-0.25, -0.2) is 9.59 Å². The molecule has 2 aliphatic heterocycles. The first kappa shape index (κ1) is 30.7. The quantitative estimate of drug-likeness (QED) is 0.116. The molecular weight excluding hydrogens is 536 g/mol. The zero-order valence-electron chi connectivity index (χ0n) is 21.2. The van der Waals surface area contributed by atoms with Crippen LogP contribution in [0.25, 0.3) is 6.08 Å². The molecule has 0 bridgehead atoms. The van der Waals surface area contributed by atoms with Crippen molar-refractivity contribution in [3.8, 4) is 5.75 Å². The van der Waals surface area contributed by atoms with Crippen molar-refractivity contribution >= 4 is 24.0 Å². The van der Waals surface area contributed by atoms with Gasteiger partial charge in [-0.1, -0.05) is 12.1 Å². The van der Waals surface area contributed by atoms with E-state index in [0.29, 0.717) is 5.56 Å². The number of hydrogen-bond acceptors (Lipinski definition) is 13. The van der Waals surface area contributed by atoms with E-state index in [1.54, 1.807) is 12.1 Å². The Kier molecular flexibility index (Phi) is 10.8. The number of hydrogen-bond donors (Lipinski definition) is 6. The fourth-order valence-corrected chi connectivity index (χ4v) is 3.99. The van der Waals surface area contributed by atoms with Crippen LogP contribution in [-0.4, -0.2) is 106 Å². The van der Waals surface area contributed by atoms with Crippen molar-refractivity contribution in [2.75, 3.05) is 20.3 Å². The summed E-state index contributed by atoms with van der Waals surface area (Å²) in [6.07, 6.45) is -5.47. The summed E-state index contributed by atoms with van der Waals surface area (Å²) in [6.45, 7) is -1.14. The van der Waals surface area contributed by atoms with E-state index < -0.39 is 80.5 Å². The van der Waals surface area contributed by atoms with E-state index in [-0.39, 0.29) is 16.9 Å². The van der Waals surface area contributed by atoms with Crippen molar-refractivity contribution in [2.24, 2.45) is 5.92 Å². The summed E-state index contributed by atoms with van der Waals surface area (Å²) in [6, 6.07) is 6.00. The van der Waals surface area contributed by atoms with Crippen LogP contribution < -0.4 is 0 Å². The molecule has 0 radical (unpaired) electrons. The summed E-state index contributed by atoms with van der Waals surface area (Å²) >= 11 is 0. The van der Waals surface area contributed by atoms with Crippen molar-refractivity contribution in [1.82, 2.24) is 0 Å². The second-order valence-corrected chi connectivity index (χ2v) is 8.77. The van der Waals surface area contributed by atoms with Crippen molar-refractivity contribution in [3.63, 3.8) is 0 Å². The monoisotopic (exact) mass is 566 g/mol. The Morgan fingerprint density at radius 3 is 2.38 bits per heavy atom. The highest BCUT2D eigenvalue weighted by molar-refractivity contribution is 5.89. The van der Waals surface area contributed by atoms with Crippen LogP contribution in [0.15, 0.2) is 53.8 Å². The van der Waals surface area contributed by atoms with Gasteiger partial charge in [-0.05, 0) is 29.8 Å². The molecule has 1 aromatic carbocycles. The summed E-state index contributed by atoms with van der Waals surface area (Å²) in [5.41, 5.74) is 0.262. The summed E-state index contributed by atoms with van der Waals surface area (Å²) in [5.74, 6) is -4.09. The second-order valence-electron chi connectivity index (χ2n) is 8.77. The third-order valence-electron chi connectivity index (χ3n) is 6.17. The molecule has 14 heteroatoms. The number of phenolic OH excluding ortho intramolecular Hbond substituents is 1. The molecule has 1 aromatic rings. The first-order chi connectivity index (χ1) is 19.0. The lowest BCUT2D eigenvalue weighted by molar-refractivity contribution is -0.327. The third kappa shape index (κ3) is 7.65. The minimum absolute atomic E-state index is 0.00225. The standard InChI is InChI=1S/C26H30O14/c1-36-20(30)10-16-15(8-9-37-19(29)7-4-13-2-5-14(28)6-3-13)25(38-12-17(16)24(34)35)40-26-23(33)22(32)21(31)18(11-27)39-26/h2-8,12,16,18,21-23,25-28,31-33H,9-11H2,1H3,(H,34,35). The van der Waals surface area contributed by atoms with Gasteiger partial charge in [-0.3, -0.25) is 4.79 Å². The van der Waals surface area contributed by atoms with Gasteiger partial charge in [0.25, 0.3) is 0 Å². The minimum atomic E-state index is -1.80. The maximum atomic E-state index is 12.2. The maximum Gasteiger partial charge on any atom is 0.335 e. The van der Waals surface area contributed by atoms with Gasteiger partial charge in [0.15, 0.2) is 6.29 Å². The number of carbonyl (C=O) groups is 3. The SMILES string of the molecule is COC(=O)CC1C(C(=O)O)=COC(OC2OC(CO)C(O)C(O)C2O)C1=CCOC(=O)C=Cc1ccc(O)cc1. The van der Waals surface area contributed by atoms with Crippen LogP contribution in [-0.2, 0) is 38.1 Å². The number of carbonyl (C=O) groups excluding carboxylic acids is 2. The molecular formula is C26H30O14. The summed E-state index contributed by atoms with van der Waals surface area (Å²) in [4.78, 5) is 36.2. The summed E-state index contributed by atoms with van der Waals surface area (Å²) in [5, 5.41) is 58.9. The topological polar surface area (TPSA) is 219 Å². The Hall–Kier alpha value is -3.79. The summed E-state index contributed by atoms with van der Waals surface area (Å²) < 4.78 is 26.2. The second kappa shape index (κ2) is 14.0. The van der Waals surface area contributed by atoms with Gasteiger partial charge in [0.05, 0.1) is 32.0 Å². The number of aliphatic hydroxyl groups is 4. The number of rotatable bonds is 10. The van der Waals surface area contributed by atoms with E-state index in [0.717, 1.165) is 19.4 Å². The largest absolute Gasteiger partial charge is 0.508 e. The number of aliphatic carboxylic acids is 1. The molecule has 6 N–H and O–H groups in total. The van der Waals surface area contributed by atoms with Gasteiger partial charge in [0.1, 0.15) is 36.8 Å². The van der Waals surface area contributed by atoms with E-state index in [2.05, 4.69) is 4.74 Å². The van der Waals surface area contributed by atoms with Gasteiger partial charge in [-0.15, -0.1) is 0 Å². The average Bonchev–Trinajstić information content (AvgIpc) is 2.93. The molecule has 0 saturated carbocycles. The summed E-state index contributed by atoms with van der Waals surface area (Å²) in [7, 11) is 1.11. The van der Waals surface area contributed by atoms with E-state index in [9.17, 15) is 45.0 Å². The van der Waals surface area contributed by atoms with Crippen LogP contribution in [0.1, 0.15) is 12.0 Å². The average molecular weight is 567 g/mol. The van der Waals surface area contributed by atoms with E-state index in [4.69, 9.17) is 18.9 Å². The number of phenols is 1. The first-order valence-electron chi connectivity index (χ1n) is 12.0. The van der Waals surface area contributed by atoms with Crippen molar-refractivity contribution in [2.45, 2.75) is 43.4 Å². The molecule has 0 spiro atoms. The zero-order valence-corrected chi connectivity index (χ0v) is 21.2. The van der Waals surface area contributed by atoms with Crippen LogP contribution in [0.3, 0.4) is 0 Å². The highest BCUT2D eigenvalue weighted by Crippen LogP contribution is 2.36. The molecule has 40 heavy (non-hydrogen) atoms. The molecule has 0 amide bonds. The zero-order chi connectivity index (χ0) is 29.4. The maximum absolute atomic E-state index is 12.2. The molecule has 2 heterocycles. The number of carboxylic acids is 1. The van der Waals surface area contributed by atoms with Crippen molar-refractivity contribution in [1.29, 1.82) is 0 Å². The number of ether oxygens (including phenoxy) is 5. The highest BCUT2D eigenvalue weighted by atomic mass is 16.8. The van der Waals surface area contributed by atoms with Crippen LogP contribution >= 0.6 is 0 Å². The van der Waals surface area contributed by atoms with Crippen molar-refractivity contribution < 1.29 is 68.7 Å². The van der Waals surface area contributed by atoms with Crippen molar-refractivity contribution in [3.05, 3.63) is 59.4 Å². The number of esters is 2. The van der Waals surface area contributed by atoms with E-state index >= 15 is 0 Å². The van der Waals surface area contributed by atoms with Gasteiger partial charge >= 0.3 is 17.9 Å². The Balaban J connectivity index is 1.83. The Labute approximate surface area is 227 Å². The lowest BCUT2D eigenvalue weighted by Gasteiger charge is -2.41. The minimum Gasteiger partial charge on any atom is -0.508 e. The fourth-order valence-electron chi connectivity index (χ4n) is 3.99. The van der Waals surface area contributed by atoms with Gasteiger partial charge in [0, 0.05) is 17.6 Å². The molecule has 2 aliphatic rings. The Morgan fingerprint density at radius 2 is 1.75 bits per heavy atom. The van der Waals surface area contributed by atoms with Crippen LogP contribution in [0.2, 0.25) is 0 Å². The van der Waals surface area contributed by atoms with Crippen LogP contribution in [0, 0.1) is 5.92 Å². The van der Waals surface area contributed by atoms with Crippen LogP contribution in [0.5, 0.6) is 5.75 Å². The molecule has 7 atom stereocenters. The lowest BCUT2D eigenvalue weighted by atomic mass is 9.86. The highest BCUT2D eigenvalue weighted by Gasteiger charge is 2.46. The molecule has 0 aliphatic carbocycles. The normalized spacial score (nSPS) is 29.5. The Bertz CT molecular complexity index is 1140. The van der Waals surface area contributed by atoms with E-state index in [1.165, 1.54) is 24.3 Å².